The lowest BCUT2D eigenvalue weighted by molar-refractivity contribution is -0.385. The van der Waals surface area contributed by atoms with Gasteiger partial charge in [-0.05, 0) is 18.1 Å². The molecule has 0 unspecified atom stereocenters. The molecule has 2 N–H and O–H groups in total. The molecule has 0 bridgehead atoms. The van der Waals surface area contributed by atoms with Crippen molar-refractivity contribution in [3.8, 4) is 5.75 Å². The van der Waals surface area contributed by atoms with Gasteiger partial charge < -0.3 is 15.0 Å². The Balaban J connectivity index is 2.07. The van der Waals surface area contributed by atoms with Crippen LogP contribution in [0.2, 0.25) is 0 Å². The van der Waals surface area contributed by atoms with Crippen molar-refractivity contribution in [3.05, 3.63) is 52.1 Å². The van der Waals surface area contributed by atoms with Crippen LogP contribution in [0.25, 0.3) is 0 Å². The van der Waals surface area contributed by atoms with Crippen LogP contribution in [-0.4, -0.2) is 25.5 Å². The molecule has 0 saturated heterocycles. The molecule has 1 aromatic carbocycles. The van der Waals surface area contributed by atoms with Gasteiger partial charge in [0.25, 0.3) is 5.91 Å². The molecule has 0 aliphatic carbocycles. The van der Waals surface area contributed by atoms with Crippen LogP contribution < -0.4 is 5.32 Å². The molecule has 1 amide bonds. The first kappa shape index (κ1) is 16.5. The van der Waals surface area contributed by atoms with Gasteiger partial charge in [0.15, 0.2) is 5.75 Å². The molecule has 0 atom stereocenters. The number of rotatable bonds is 6. The standard InChI is InChI=1S/C15H18N4O4/c1-10(2)9-18-6-5-16-14(18)8-17-15(21)11-3-4-13(20)12(7-11)19(22)23/h3-7,10,20H,8-9H2,1-2H3,(H,17,21). The van der Waals surface area contributed by atoms with E-state index in [1.165, 1.54) is 6.07 Å². The Morgan fingerprint density at radius 1 is 1.48 bits per heavy atom. The van der Waals surface area contributed by atoms with Crippen molar-refractivity contribution < 1.29 is 14.8 Å². The third-order valence-electron chi connectivity index (χ3n) is 3.20. The number of aromatic hydroxyl groups is 1. The van der Waals surface area contributed by atoms with E-state index < -0.39 is 22.3 Å². The van der Waals surface area contributed by atoms with Gasteiger partial charge in [0.05, 0.1) is 11.5 Å². The zero-order chi connectivity index (χ0) is 17.0. The van der Waals surface area contributed by atoms with E-state index in [4.69, 9.17) is 0 Å². The first-order chi connectivity index (χ1) is 10.9. The van der Waals surface area contributed by atoms with Crippen LogP contribution in [0.4, 0.5) is 5.69 Å². The van der Waals surface area contributed by atoms with Gasteiger partial charge >= 0.3 is 5.69 Å². The third-order valence-corrected chi connectivity index (χ3v) is 3.20. The number of aromatic nitrogens is 2. The highest BCUT2D eigenvalue weighted by Gasteiger charge is 2.17. The number of amides is 1. The number of nitro benzene ring substituents is 1. The Hall–Kier alpha value is -2.90. The van der Waals surface area contributed by atoms with Gasteiger partial charge in [0, 0.05) is 30.6 Å². The molecule has 2 aromatic rings. The SMILES string of the molecule is CC(C)Cn1ccnc1CNC(=O)c1ccc(O)c([N+](=O)[O-])c1. The van der Waals surface area contributed by atoms with Crippen molar-refractivity contribution in [2.75, 3.05) is 0 Å². The second-order valence-corrected chi connectivity index (χ2v) is 5.53. The Morgan fingerprint density at radius 2 is 2.22 bits per heavy atom. The Bertz CT molecular complexity index is 724. The summed E-state index contributed by atoms with van der Waals surface area (Å²) in [4.78, 5) is 26.4. The van der Waals surface area contributed by atoms with E-state index in [9.17, 15) is 20.0 Å². The number of nitrogens with zero attached hydrogens (tertiary/aromatic N) is 3. The average molecular weight is 318 g/mol. The summed E-state index contributed by atoms with van der Waals surface area (Å²) in [5.41, 5.74) is -0.393. The van der Waals surface area contributed by atoms with Crippen LogP contribution in [0.1, 0.15) is 30.0 Å². The van der Waals surface area contributed by atoms with Crippen molar-refractivity contribution in [2.45, 2.75) is 26.9 Å². The highest BCUT2D eigenvalue weighted by molar-refractivity contribution is 5.95. The van der Waals surface area contributed by atoms with Crippen molar-refractivity contribution in [3.63, 3.8) is 0 Å². The second-order valence-electron chi connectivity index (χ2n) is 5.53. The van der Waals surface area contributed by atoms with Crippen molar-refractivity contribution in [2.24, 2.45) is 5.92 Å². The van der Waals surface area contributed by atoms with Gasteiger partial charge in [-0.15, -0.1) is 0 Å². The minimum Gasteiger partial charge on any atom is -0.502 e. The number of hydrogen-bond acceptors (Lipinski definition) is 5. The number of imidazole rings is 1. The number of carbonyl (C=O) groups excluding carboxylic acids is 1. The van der Waals surface area contributed by atoms with E-state index in [0.29, 0.717) is 11.7 Å². The molecule has 23 heavy (non-hydrogen) atoms. The number of carbonyl (C=O) groups is 1. The monoisotopic (exact) mass is 318 g/mol. The summed E-state index contributed by atoms with van der Waals surface area (Å²) in [7, 11) is 0. The van der Waals surface area contributed by atoms with Crippen molar-refractivity contribution in [1.29, 1.82) is 0 Å². The van der Waals surface area contributed by atoms with Gasteiger partial charge in [-0.3, -0.25) is 14.9 Å². The fraction of sp³-hybridized carbons (Fsp3) is 0.333. The lowest BCUT2D eigenvalue weighted by Gasteiger charge is -2.11. The fourth-order valence-electron chi connectivity index (χ4n) is 2.14. The molecule has 2 rings (SSSR count). The maximum atomic E-state index is 12.1. The van der Waals surface area contributed by atoms with E-state index in [-0.39, 0.29) is 12.1 Å². The minimum atomic E-state index is -0.735. The average Bonchev–Trinajstić information content (AvgIpc) is 2.91. The molecule has 0 radical (unpaired) electrons. The van der Waals surface area contributed by atoms with E-state index in [2.05, 4.69) is 24.1 Å². The topological polar surface area (TPSA) is 110 Å². The number of hydrogen-bond donors (Lipinski definition) is 2. The van der Waals surface area contributed by atoms with Crippen LogP contribution in [0.3, 0.4) is 0 Å². The fourth-order valence-corrected chi connectivity index (χ4v) is 2.14. The molecule has 1 heterocycles. The summed E-state index contributed by atoms with van der Waals surface area (Å²) in [6, 6.07) is 3.51. The van der Waals surface area contributed by atoms with Crippen LogP contribution in [0.15, 0.2) is 30.6 Å². The molecular formula is C15H18N4O4. The van der Waals surface area contributed by atoms with Gasteiger partial charge in [0.2, 0.25) is 0 Å². The van der Waals surface area contributed by atoms with E-state index in [1.54, 1.807) is 6.20 Å². The summed E-state index contributed by atoms with van der Waals surface area (Å²) in [5.74, 6) is 0.213. The molecule has 0 saturated carbocycles. The molecule has 1 aromatic heterocycles. The van der Waals surface area contributed by atoms with Crippen LogP contribution in [0.5, 0.6) is 5.75 Å². The number of phenols is 1. The lowest BCUT2D eigenvalue weighted by atomic mass is 10.1. The zero-order valence-corrected chi connectivity index (χ0v) is 12.9. The van der Waals surface area contributed by atoms with Gasteiger partial charge in [-0.2, -0.15) is 0 Å². The van der Waals surface area contributed by atoms with Crippen molar-refractivity contribution >= 4 is 11.6 Å². The third kappa shape index (κ3) is 4.06. The Morgan fingerprint density at radius 3 is 2.87 bits per heavy atom. The number of benzene rings is 1. The molecular weight excluding hydrogens is 300 g/mol. The minimum absolute atomic E-state index is 0.108. The van der Waals surface area contributed by atoms with Crippen molar-refractivity contribution in [1.82, 2.24) is 14.9 Å². The smallest absolute Gasteiger partial charge is 0.311 e. The predicted octanol–water partition coefficient (Wildman–Crippen LogP) is 2.08. The lowest BCUT2D eigenvalue weighted by Crippen LogP contribution is -2.25. The summed E-state index contributed by atoms with van der Waals surface area (Å²) >= 11 is 0. The van der Waals surface area contributed by atoms with E-state index >= 15 is 0 Å². The largest absolute Gasteiger partial charge is 0.502 e. The van der Waals surface area contributed by atoms with Crippen LogP contribution >= 0.6 is 0 Å². The molecule has 0 aliphatic rings. The number of phenolic OH excluding ortho intramolecular Hbond substituents is 1. The van der Waals surface area contributed by atoms with E-state index in [1.807, 2.05) is 10.8 Å². The first-order valence-corrected chi connectivity index (χ1v) is 7.14. The quantitative estimate of drug-likeness (QED) is 0.626. The summed E-state index contributed by atoms with van der Waals surface area (Å²) in [5, 5.41) is 22.9. The molecule has 122 valence electrons. The molecule has 8 nitrogen and oxygen atoms in total. The molecule has 0 fully saturated rings. The second kappa shape index (κ2) is 6.91. The van der Waals surface area contributed by atoms with Crippen LogP contribution in [-0.2, 0) is 13.1 Å². The van der Waals surface area contributed by atoms with Gasteiger partial charge in [-0.25, -0.2) is 4.98 Å². The first-order valence-electron chi connectivity index (χ1n) is 7.14. The molecule has 0 aliphatic heterocycles. The summed E-state index contributed by atoms with van der Waals surface area (Å²) in [6.07, 6.45) is 3.50. The molecule has 8 heteroatoms. The van der Waals surface area contributed by atoms with Gasteiger partial charge in [-0.1, -0.05) is 13.8 Å². The summed E-state index contributed by atoms with van der Waals surface area (Å²) < 4.78 is 1.95. The highest BCUT2D eigenvalue weighted by atomic mass is 16.6. The summed E-state index contributed by atoms with van der Waals surface area (Å²) in [6.45, 7) is 5.17. The number of nitro groups is 1. The predicted molar refractivity (Wildman–Crippen MR) is 83.0 cm³/mol. The van der Waals surface area contributed by atoms with Gasteiger partial charge in [0.1, 0.15) is 5.82 Å². The highest BCUT2D eigenvalue weighted by Crippen LogP contribution is 2.26. The number of nitrogens with one attached hydrogen (secondary N) is 1. The molecule has 0 spiro atoms. The van der Waals surface area contributed by atoms with E-state index in [0.717, 1.165) is 18.7 Å². The van der Waals surface area contributed by atoms with Crippen LogP contribution in [0, 0.1) is 16.0 Å². The maximum Gasteiger partial charge on any atom is 0.311 e. The zero-order valence-electron chi connectivity index (χ0n) is 12.9. The maximum absolute atomic E-state index is 12.1. The normalized spacial score (nSPS) is 10.7. The Kier molecular flexibility index (Phi) is 4.95. The Labute approximate surface area is 132 Å².